The van der Waals surface area contributed by atoms with Gasteiger partial charge in [-0.3, -0.25) is 4.79 Å². The number of imidazole rings is 1. The molecule has 6 nitrogen and oxygen atoms in total. The van der Waals surface area contributed by atoms with E-state index in [-0.39, 0.29) is 17.7 Å². The summed E-state index contributed by atoms with van der Waals surface area (Å²) in [7, 11) is 5.48. The van der Waals surface area contributed by atoms with Crippen molar-refractivity contribution in [3.8, 4) is 28.3 Å². The summed E-state index contributed by atoms with van der Waals surface area (Å²) in [4.78, 5) is 18.7. The third-order valence-electron chi connectivity index (χ3n) is 5.85. The van der Waals surface area contributed by atoms with E-state index in [1.54, 1.807) is 12.1 Å². The van der Waals surface area contributed by atoms with Gasteiger partial charge in [0, 0.05) is 36.6 Å². The number of hydrogen-bond donors (Lipinski definition) is 1. The second-order valence-electron chi connectivity index (χ2n) is 9.29. The average molecular weight is 509 g/mol. The zero-order valence-electron chi connectivity index (χ0n) is 21.1. The van der Waals surface area contributed by atoms with Crippen LogP contribution in [0.3, 0.4) is 0 Å². The maximum Gasteiger partial charge on any atom is 0.217 e. The Labute approximate surface area is 215 Å². The number of hydrogen-bond acceptors (Lipinski definition) is 4. The van der Waals surface area contributed by atoms with Crippen LogP contribution in [-0.2, 0) is 17.9 Å². The molecule has 0 saturated heterocycles. The SMILES string of the molecule is COc1cc(-c2nc3ccc(-c4cc(Cl)cc(CN(C)C)c4)cc3n2CC(C)NC(C)=O)ccc1F. The molecule has 4 rings (SSSR count). The Bertz CT molecular complexity index is 1420. The molecule has 0 radical (unpaired) electrons. The van der Waals surface area contributed by atoms with Crippen LogP contribution >= 0.6 is 11.6 Å². The molecule has 36 heavy (non-hydrogen) atoms. The van der Waals surface area contributed by atoms with Gasteiger partial charge in [0.05, 0.1) is 18.1 Å². The molecule has 0 aliphatic carbocycles. The van der Waals surface area contributed by atoms with Crippen LogP contribution in [0, 0.1) is 5.82 Å². The molecule has 1 N–H and O–H groups in total. The fraction of sp³-hybridized carbons (Fsp3) is 0.286. The topological polar surface area (TPSA) is 59.4 Å². The first-order valence-electron chi connectivity index (χ1n) is 11.7. The maximum atomic E-state index is 14.1. The Morgan fingerprint density at radius 3 is 2.56 bits per heavy atom. The molecule has 8 heteroatoms. The summed E-state index contributed by atoms with van der Waals surface area (Å²) in [5.74, 6) is 0.267. The van der Waals surface area contributed by atoms with Crippen molar-refractivity contribution in [2.24, 2.45) is 0 Å². The second-order valence-corrected chi connectivity index (χ2v) is 9.72. The largest absolute Gasteiger partial charge is 0.494 e. The molecule has 0 bridgehead atoms. The highest BCUT2D eigenvalue weighted by Gasteiger charge is 2.18. The van der Waals surface area contributed by atoms with Gasteiger partial charge in [-0.15, -0.1) is 0 Å². The van der Waals surface area contributed by atoms with Crippen molar-refractivity contribution in [3.05, 3.63) is 71.0 Å². The lowest BCUT2D eigenvalue weighted by Gasteiger charge is -2.17. The van der Waals surface area contributed by atoms with Crippen molar-refractivity contribution in [3.63, 3.8) is 0 Å². The number of halogens is 2. The highest BCUT2D eigenvalue weighted by molar-refractivity contribution is 6.31. The molecule has 1 unspecified atom stereocenters. The van der Waals surface area contributed by atoms with Gasteiger partial charge < -0.3 is 19.5 Å². The summed E-state index contributed by atoms with van der Waals surface area (Å²) in [6.07, 6.45) is 0. The molecule has 4 aromatic rings. The van der Waals surface area contributed by atoms with E-state index >= 15 is 0 Å². The number of aromatic nitrogens is 2. The van der Waals surface area contributed by atoms with Gasteiger partial charge in [-0.2, -0.15) is 0 Å². The molecule has 1 amide bonds. The number of methoxy groups -OCH3 is 1. The summed E-state index contributed by atoms with van der Waals surface area (Å²) in [5, 5.41) is 3.62. The van der Waals surface area contributed by atoms with Gasteiger partial charge in [0.2, 0.25) is 5.91 Å². The van der Waals surface area contributed by atoms with Crippen LogP contribution in [0.25, 0.3) is 33.5 Å². The smallest absolute Gasteiger partial charge is 0.217 e. The molecule has 1 aromatic heterocycles. The minimum Gasteiger partial charge on any atom is -0.494 e. The van der Waals surface area contributed by atoms with Crippen LogP contribution in [-0.4, -0.2) is 47.6 Å². The summed E-state index contributed by atoms with van der Waals surface area (Å²) >= 11 is 6.46. The molecule has 0 saturated carbocycles. The number of carbonyl (C=O) groups excluding carboxylic acids is 1. The normalized spacial score (nSPS) is 12.2. The van der Waals surface area contributed by atoms with Crippen LogP contribution in [0.2, 0.25) is 5.02 Å². The number of nitrogens with zero attached hydrogens (tertiary/aromatic N) is 3. The molecule has 1 heterocycles. The van der Waals surface area contributed by atoms with Gasteiger partial charge in [0.15, 0.2) is 11.6 Å². The van der Waals surface area contributed by atoms with Crippen molar-refractivity contribution >= 4 is 28.5 Å². The lowest BCUT2D eigenvalue weighted by Crippen LogP contribution is -2.34. The van der Waals surface area contributed by atoms with Gasteiger partial charge in [0.1, 0.15) is 5.82 Å². The second kappa shape index (κ2) is 10.7. The number of fused-ring (bicyclic) bond motifs is 1. The monoisotopic (exact) mass is 508 g/mol. The van der Waals surface area contributed by atoms with Gasteiger partial charge in [0.25, 0.3) is 0 Å². The molecule has 188 valence electrons. The Morgan fingerprint density at radius 2 is 1.86 bits per heavy atom. The highest BCUT2D eigenvalue weighted by atomic mass is 35.5. The molecule has 1 atom stereocenters. The standard InChI is InChI=1S/C28H30ClFN4O2/c1-17(31-18(2)35)15-34-26-13-20(22-10-19(16-33(3)4)11-23(29)12-22)7-9-25(26)32-28(34)21-6-8-24(30)27(14-21)36-5/h6-14,17H,15-16H2,1-5H3,(H,31,35). The molecule has 0 aliphatic heterocycles. The van der Waals surface area contributed by atoms with E-state index in [1.807, 2.05) is 45.3 Å². The van der Waals surface area contributed by atoms with Crippen molar-refractivity contribution < 1.29 is 13.9 Å². The lowest BCUT2D eigenvalue weighted by atomic mass is 10.0. The van der Waals surface area contributed by atoms with E-state index in [4.69, 9.17) is 21.3 Å². The molecule has 0 fully saturated rings. The molecule has 0 aliphatic rings. The van der Waals surface area contributed by atoms with E-state index in [9.17, 15) is 9.18 Å². The number of amides is 1. The number of ether oxygens (including phenoxy) is 1. The number of carbonyl (C=O) groups is 1. The first kappa shape index (κ1) is 25.7. The third kappa shape index (κ3) is 5.69. The van der Waals surface area contributed by atoms with Gasteiger partial charge in [-0.1, -0.05) is 17.7 Å². The van der Waals surface area contributed by atoms with Crippen LogP contribution in [0.15, 0.2) is 54.6 Å². The maximum absolute atomic E-state index is 14.1. The van der Waals surface area contributed by atoms with Crippen molar-refractivity contribution in [1.82, 2.24) is 19.8 Å². The van der Waals surface area contributed by atoms with E-state index in [2.05, 4.69) is 26.9 Å². The van der Waals surface area contributed by atoms with Crippen LogP contribution < -0.4 is 10.1 Å². The fourth-order valence-corrected chi connectivity index (χ4v) is 4.70. The minimum atomic E-state index is -0.438. The minimum absolute atomic E-state index is 0.107. The van der Waals surface area contributed by atoms with Gasteiger partial charge >= 0.3 is 0 Å². The van der Waals surface area contributed by atoms with Crippen molar-refractivity contribution in [1.29, 1.82) is 0 Å². The summed E-state index contributed by atoms with van der Waals surface area (Å²) in [5.41, 5.74) is 5.54. The summed E-state index contributed by atoms with van der Waals surface area (Å²) in [6, 6.07) is 16.7. The summed E-state index contributed by atoms with van der Waals surface area (Å²) < 4.78 is 21.4. The Kier molecular flexibility index (Phi) is 7.62. The predicted octanol–water partition coefficient (Wildman–Crippen LogP) is 5.76. The van der Waals surface area contributed by atoms with Gasteiger partial charge in [-0.05, 0) is 86.2 Å². The Morgan fingerprint density at radius 1 is 1.11 bits per heavy atom. The first-order valence-corrected chi connectivity index (χ1v) is 12.1. The zero-order valence-corrected chi connectivity index (χ0v) is 21.9. The first-order chi connectivity index (χ1) is 17.1. The van der Waals surface area contributed by atoms with E-state index in [0.717, 1.165) is 39.8 Å². The van der Waals surface area contributed by atoms with E-state index in [1.165, 1.54) is 20.1 Å². The van der Waals surface area contributed by atoms with Gasteiger partial charge in [-0.25, -0.2) is 9.37 Å². The zero-order chi connectivity index (χ0) is 26.0. The fourth-order valence-electron chi connectivity index (χ4n) is 4.45. The quantitative estimate of drug-likeness (QED) is 0.329. The van der Waals surface area contributed by atoms with Crippen LogP contribution in [0.1, 0.15) is 19.4 Å². The number of benzene rings is 3. The Hall–Kier alpha value is -3.42. The molecular weight excluding hydrogens is 479 g/mol. The third-order valence-corrected chi connectivity index (χ3v) is 6.07. The predicted molar refractivity (Wildman–Crippen MR) is 143 cm³/mol. The number of nitrogens with one attached hydrogen (secondary N) is 1. The Balaban J connectivity index is 1.87. The molecule has 0 spiro atoms. The number of rotatable bonds is 8. The van der Waals surface area contributed by atoms with Crippen molar-refractivity contribution in [2.75, 3.05) is 21.2 Å². The molecular formula is C28H30ClFN4O2. The highest BCUT2D eigenvalue weighted by Crippen LogP contribution is 2.33. The van der Waals surface area contributed by atoms with E-state index in [0.29, 0.717) is 17.4 Å². The molecule has 3 aromatic carbocycles. The van der Waals surface area contributed by atoms with E-state index < -0.39 is 5.82 Å². The average Bonchev–Trinajstić information content (AvgIpc) is 3.15. The van der Waals surface area contributed by atoms with Crippen LogP contribution in [0.4, 0.5) is 4.39 Å². The van der Waals surface area contributed by atoms with Crippen LogP contribution in [0.5, 0.6) is 5.75 Å². The van der Waals surface area contributed by atoms with Crippen molar-refractivity contribution in [2.45, 2.75) is 33.0 Å². The lowest BCUT2D eigenvalue weighted by molar-refractivity contribution is -0.119. The summed E-state index contributed by atoms with van der Waals surface area (Å²) in [6.45, 7) is 4.70.